The molecule has 0 fully saturated rings. The summed E-state index contributed by atoms with van der Waals surface area (Å²) < 4.78 is 7.43. The second kappa shape index (κ2) is 5.23. The van der Waals surface area contributed by atoms with Crippen LogP contribution < -0.4 is 10.5 Å². The van der Waals surface area contributed by atoms with Gasteiger partial charge in [-0.2, -0.15) is 10.4 Å². The van der Waals surface area contributed by atoms with Gasteiger partial charge in [0.05, 0.1) is 29.7 Å². The first-order valence-corrected chi connectivity index (χ1v) is 5.73. The molecule has 2 aromatic rings. The zero-order chi connectivity index (χ0) is 13.0. The molecule has 1 aromatic carbocycles. The molecule has 0 spiro atoms. The lowest BCUT2D eigenvalue weighted by molar-refractivity contribution is 0.483. The number of nitrogens with zero attached hydrogens (tertiary/aromatic N) is 3. The molecule has 0 aliphatic rings. The summed E-state index contributed by atoms with van der Waals surface area (Å²) in [5, 5.41) is 12.9. The van der Waals surface area contributed by atoms with E-state index in [-0.39, 0.29) is 0 Å². The van der Waals surface area contributed by atoms with Gasteiger partial charge in [-0.25, -0.2) is 0 Å². The number of nitriles is 1. The third-order valence-corrected chi connectivity index (χ3v) is 2.43. The summed E-state index contributed by atoms with van der Waals surface area (Å²) in [5.41, 5.74) is 6.76. The third-order valence-electron chi connectivity index (χ3n) is 2.43. The van der Waals surface area contributed by atoms with E-state index >= 15 is 0 Å². The van der Waals surface area contributed by atoms with E-state index in [9.17, 15) is 0 Å². The van der Waals surface area contributed by atoms with Crippen LogP contribution in [0.2, 0.25) is 0 Å². The highest BCUT2D eigenvalue weighted by molar-refractivity contribution is 5.57. The Morgan fingerprint density at radius 2 is 2.33 bits per heavy atom. The highest BCUT2D eigenvalue weighted by Gasteiger charge is 2.05. The molecule has 0 radical (unpaired) electrons. The van der Waals surface area contributed by atoms with E-state index in [1.807, 2.05) is 16.9 Å². The topological polar surface area (TPSA) is 76.9 Å². The zero-order valence-corrected chi connectivity index (χ0v) is 10.1. The largest absolute Gasteiger partial charge is 0.452 e. The maximum Gasteiger partial charge on any atom is 0.165 e. The van der Waals surface area contributed by atoms with E-state index in [0.29, 0.717) is 22.7 Å². The number of ether oxygens (including phenoxy) is 1. The van der Waals surface area contributed by atoms with Crippen LogP contribution in [0, 0.1) is 11.3 Å². The molecule has 0 bridgehead atoms. The molecule has 0 amide bonds. The molecule has 5 heteroatoms. The number of benzene rings is 1. The standard InChI is InChI=1S/C13H14N4O/c1-2-5-17-9-11(8-16-17)18-13-4-3-10(7-14)6-12(13)15/h3-4,6,8-9H,2,5,15H2,1H3. The molecular weight excluding hydrogens is 228 g/mol. The van der Waals surface area contributed by atoms with Crippen molar-refractivity contribution < 1.29 is 4.74 Å². The quantitative estimate of drug-likeness (QED) is 0.836. The lowest BCUT2D eigenvalue weighted by atomic mass is 10.2. The van der Waals surface area contributed by atoms with Crippen LogP contribution in [0.1, 0.15) is 18.9 Å². The molecule has 2 rings (SSSR count). The maximum atomic E-state index is 8.75. The SMILES string of the molecule is CCCn1cc(Oc2ccc(C#N)cc2N)cn1. The van der Waals surface area contributed by atoms with Crippen LogP contribution in [0.25, 0.3) is 0 Å². The molecule has 18 heavy (non-hydrogen) atoms. The highest BCUT2D eigenvalue weighted by atomic mass is 16.5. The van der Waals surface area contributed by atoms with E-state index in [4.69, 9.17) is 15.7 Å². The van der Waals surface area contributed by atoms with Gasteiger partial charge in [0, 0.05) is 6.54 Å². The second-order valence-corrected chi connectivity index (χ2v) is 3.91. The molecular formula is C13H14N4O. The number of aryl methyl sites for hydroxylation is 1. The van der Waals surface area contributed by atoms with Gasteiger partial charge in [0.2, 0.25) is 0 Å². The summed E-state index contributed by atoms with van der Waals surface area (Å²) in [6.45, 7) is 2.94. The minimum Gasteiger partial charge on any atom is -0.452 e. The maximum absolute atomic E-state index is 8.75. The van der Waals surface area contributed by atoms with E-state index in [1.165, 1.54) is 0 Å². The lowest BCUT2D eigenvalue weighted by Gasteiger charge is -2.06. The number of rotatable bonds is 4. The Labute approximate surface area is 105 Å². The van der Waals surface area contributed by atoms with Crippen molar-refractivity contribution in [3.8, 4) is 17.6 Å². The predicted octanol–water partition coefficient (Wildman–Crippen LogP) is 2.54. The molecule has 0 saturated carbocycles. The average molecular weight is 242 g/mol. The van der Waals surface area contributed by atoms with Crippen molar-refractivity contribution in [2.75, 3.05) is 5.73 Å². The summed E-state index contributed by atoms with van der Waals surface area (Å²) >= 11 is 0. The van der Waals surface area contributed by atoms with Gasteiger partial charge >= 0.3 is 0 Å². The van der Waals surface area contributed by atoms with Crippen LogP contribution in [0.15, 0.2) is 30.6 Å². The highest BCUT2D eigenvalue weighted by Crippen LogP contribution is 2.27. The summed E-state index contributed by atoms with van der Waals surface area (Å²) in [6, 6.07) is 6.97. The number of anilines is 1. The molecule has 1 aromatic heterocycles. The van der Waals surface area contributed by atoms with Gasteiger partial charge < -0.3 is 10.5 Å². The molecule has 0 unspecified atom stereocenters. The minimum atomic E-state index is 0.442. The van der Waals surface area contributed by atoms with Gasteiger partial charge in [-0.3, -0.25) is 4.68 Å². The van der Waals surface area contributed by atoms with E-state index in [1.54, 1.807) is 24.4 Å². The molecule has 0 saturated heterocycles. The summed E-state index contributed by atoms with van der Waals surface area (Å²) in [4.78, 5) is 0. The number of hydrogen-bond donors (Lipinski definition) is 1. The van der Waals surface area contributed by atoms with Gasteiger partial charge in [-0.15, -0.1) is 0 Å². The molecule has 5 nitrogen and oxygen atoms in total. The number of nitrogens with two attached hydrogens (primary N) is 1. The monoisotopic (exact) mass is 242 g/mol. The van der Waals surface area contributed by atoms with Gasteiger partial charge in [0.25, 0.3) is 0 Å². The lowest BCUT2D eigenvalue weighted by Crippen LogP contribution is -1.95. The van der Waals surface area contributed by atoms with Crippen LogP contribution in [0.4, 0.5) is 5.69 Å². The normalized spacial score (nSPS) is 10.0. The van der Waals surface area contributed by atoms with Crippen molar-refractivity contribution in [2.24, 2.45) is 0 Å². The van der Waals surface area contributed by atoms with Crippen molar-refractivity contribution in [3.63, 3.8) is 0 Å². The zero-order valence-electron chi connectivity index (χ0n) is 10.1. The Morgan fingerprint density at radius 3 is 3.00 bits per heavy atom. The van der Waals surface area contributed by atoms with Crippen molar-refractivity contribution in [3.05, 3.63) is 36.2 Å². The smallest absolute Gasteiger partial charge is 0.165 e. The minimum absolute atomic E-state index is 0.442. The van der Waals surface area contributed by atoms with E-state index in [2.05, 4.69) is 12.0 Å². The van der Waals surface area contributed by atoms with Crippen molar-refractivity contribution in [1.82, 2.24) is 9.78 Å². The Balaban J connectivity index is 2.15. The number of aromatic nitrogens is 2. The Hall–Kier alpha value is -2.48. The van der Waals surface area contributed by atoms with Crippen LogP contribution in [-0.4, -0.2) is 9.78 Å². The molecule has 2 N–H and O–H groups in total. The van der Waals surface area contributed by atoms with Crippen LogP contribution in [0.3, 0.4) is 0 Å². The van der Waals surface area contributed by atoms with Gasteiger partial charge in [0.15, 0.2) is 11.5 Å². The van der Waals surface area contributed by atoms with Crippen molar-refractivity contribution >= 4 is 5.69 Å². The molecule has 0 aliphatic carbocycles. The summed E-state index contributed by atoms with van der Waals surface area (Å²) in [5.74, 6) is 1.17. The van der Waals surface area contributed by atoms with E-state index < -0.39 is 0 Å². The first kappa shape index (κ1) is 12.0. The van der Waals surface area contributed by atoms with Crippen molar-refractivity contribution in [2.45, 2.75) is 19.9 Å². The van der Waals surface area contributed by atoms with Crippen LogP contribution in [0.5, 0.6) is 11.5 Å². The Bertz CT molecular complexity index is 583. The van der Waals surface area contributed by atoms with Gasteiger partial charge in [0.1, 0.15) is 0 Å². The molecule has 0 atom stereocenters. The van der Waals surface area contributed by atoms with Crippen LogP contribution >= 0.6 is 0 Å². The number of nitrogen functional groups attached to an aromatic ring is 1. The first-order valence-electron chi connectivity index (χ1n) is 5.73. The fraction of sp³-hybridized carbons (Fsp3) is 0.231. The van der Waals surface area contributed by atoms with Crippen LogP contribution in [-0.2, 0) is 6.54 Å². The molecule has 1 heterocycles. The second-order valence-electron chi connectivity index (χ2n) is 3.91. The number of hydrogen-bond acceptors (Lipinski definition) is 4. The molecule has 92 valence electrons. The van der Waals surface area contributed by atoms with Crippen molar-refractivity contribution in [1.29, 1.82) is 5.26 Å². The van der Waals surface area contributed by atoms with Gasteiger partial charge in [-0.1, -0.05) is 6.92 Å². The Morgan fingerprint density at radius 1 is 1.50 bits per heavy atom. The fourth-order valence-electron chi connectivity index (χ4n) is 1.59. The molecule has 0 aliphatic heterocycles. The summed E-state index contributed by atoms with van der Waals surface area (Å²) in [7, 11) is 0. The third kappa shape index (κ3) is 2.61. The predicted molar refractivity (Wildman–Crippen MR) is 68.2 cm³/mol. The average Bonchev–Trinajstić information content (AvgIpc) is 2.80. The first-order chi connectivity index (χ1) is 8.72. The Kier molecular flexibility index (Phi) is 3.49. The fourth-order valence-corrected chi connectivity index (χ4v) is 1.59. The van der Waals surface area contributed by atoms with Gasteiger partial charge in [-0.05, 0) is 24.6 Å². The van der Waals surface area contributed by atoms with E-state index in [0.717, 1.165) is 13.0 Å². The summed E-state index contributed by atoms with van der Waals surface area (Å²) in [6.07, 6.45) is 4.48.